The van der Waals surface area contributed by atoms with Gasteiger partial charge in [0.1, 0.15) is 0 Å². The molecule has 19 heavy (non-hydrogen) atoms. The van der Waals surface area contributed by atoms with Crippen molar-refractivity contribution >= 4 is 5.91 Å². The van der Waals surface area contributed by atoms with Gasteiger partial charge in [0.25, 0.3) is 0 Å². The van der Waals surface area contributed by atoms with Crippen molar-refractivity contribution in [1.29, 1.82) is 0 Å². The van der Waals surface area contributed by atoms with Gasteiger partial charge in [-0.1, -0.05) is 6.07 Å². The van der Waals surface area contributed by atoms with E-state index in [1.54, 1.807) is 18.2 Å². The van der Waals surface area contributed by atoms with Gasteiger partial charge in [0.15, 0.2) is 11.5 Å². The number of phenols is 1. The van der Waals surface area contributed by atoms with Gasteiger partial charge in [-0.25, -0.2) is 0 Å². The number of amides is 1. The molecule has 0 radical (unpaired) electrons. The molecule has 4 N–H and O–H groups in total. The molecule has 0 fully saturated rings. The van der Waals surface area contributed by atoms with Crippen LogP contribution >= 0.6 is 0 Å². The van der Waals surface area contributed by atoms with E-state index in [-0.39, 0.29) is 30.2 Å². The predicted octanol–water partition coefficient (Wildman–Crippen LogP) is 1.04. The Bertz CT molecular complexity index is 433. The van der Waals surface area contributed by atoms with Gasteiger partial charge in [-0.3, -0.25) is 4.79 Å². The van der Waals surface area contributed by atoms with Gasteiger partial charge >= 0.3 is 0 Å². The Balaban J connectivity index is 2.78. The minimum Gasteiger partial charge on any atom is -0.504 e. The summed E-state index contributed by atoms with van der Waals surface area (Å²) < 4.78 is 5.04. The van der Waals surface area contributed by atoms with Crippen LogP contribution in [0.3, 0.4) is 0 Å². The van der Waals surface area contributed by atoms with Gasteiger partial charge in [-0.15, -0.1) is 0 Å². The van der Waals surface area contributed by atoms with Crippen LogP contribution in [0.15, 0.2) is 18.2 Å². The first-order valence-corrected chi connectivity index (χ1v) is 6.34. The van der Waals surface area contributed by atoms with E-state index in [2.05, 4.69) is 5.32 Å². The smallest absolute Gasteiger partial charge is 0.224 e. The molecule has 0 aliphatic rings. The molecular formula is C14H22N2O3. The number of hydrogen-bond acceptors (Lipinski definition) is 4. The largest absolute Gasteiger partial charge is 0.504 e. The first-order chi connectivity index (χ1) is 8.97. The molecule has 106 valence electrons. The highest BCUT2D eigenvalue weighted by Crippen LogP contribution is 2.27. The summed E-state index contributed by atoms with van der Waals surface area (Å²) in [5.74, 6) is 0.154. The van der Waals surface area contributed by atoms with E-state index >= 15 is 0 Å². The molecule has 5 nitrogen and oxygen atoms in total. The highest BCUT2D eigenvalue weighted by Gasteiger charge is 2.18. The first-order valence-electron chi connectivity index (χ1n) is 6.34. The van der Waals surface area contributed by atoms with Crippen LogP contribution in [0.5, 0.6) is 11.5 Å². The topological polar surface area (TPSA) is 84.6 Å². The molecule has 1 rings (SSSR count). The molecule has 1 unspecified atom stereocenters. The van der Waals surface area contributed by atoms with Gasteiger partial charge in [0.05, 0.1) is 13.0 Å². The monoisotopic (exact) mass is 266 g/mol. The van der Waals surface area contributed by atoms with E-state index in [0.29, 0.717) is 12.2 Å². The lowest BCUT2D eigenvalue weighted by Crippen LogP contribution is -2.39. The third-order valence-corrected chi connectivity index (χ3v) is 2.81. The second-order valence-corrected chi connectivity index (χ2v) is 4.81. The lowest BCUT2D eigenvalue weighted by molar-refractivity contribution is -0.125. The summed E-state index contributed by atoms with van der Waals surface area (Å²) >= 11 is 0. The van der Waals surface area contributed by atoms with Gasteiger partial charge < -0.3 is 20.9 Å². The van der Waals surface area contributed by atoms with Crippen molar-refractivity contribution in [3.8, 4) is 11.5 Å². The number of aromatic hydroxyl groups is 1. The molecule has 0 aromatic heterocycles. The maximum absolute atomic E-state index is 11.9. The molecule has 1 atom stereocenters. The molecule has 0 spiro atoms. The standard InChI is InChI=1S/C14H22N2O3/c1-9(2)16-14(18)11(8-15)6-10-4-5-12(17)13(7-10)19-3/h4-5,7,9,11,17H,6,8,15H2,1-3H3,(H,16,18). The molecule has 5 heteroatoms. The van der Waals surface area contributed by atoms with Crippen LogP contribution in [0, 0.1) is 5.92 Å². The van der Waals surface area contributed by atoms with Crippen molar-refractivity contribution in [2.24, 2.45) is 11.7 Å². The summed E-state index contributed by atoms with van der Waals surface area (Å²) in [5, 5.41) is 12.4. The number of carbonyl (C=O) groups is 1. The third-order valence-electron chi connectivity index (χ3n) is 2.81. The Morgan fingerprint density at radius 2 is 2.16 bits per heavy atom. The lowest BCUT2D eigenvalue weighted by Gasteiger charge is -2.17. The van der Waals surface area contributed by atoms with Crippen LogP contribution in [0.25, 0.3) is 0 Å². The van der Waals surface area contributed by atoms with Crippen LogP contribution in [0.1, 0.15) is 19.4 Å². The summed E-state index contributed by atoms with van der Waals surface area (Å²) in [7, 11) is 1.49. The van der Waals surface area contributed by atoms with Gasteiger partial charge in [-0.05, 0) is 38.0 Å². The number of methoxy groups -OCH3 is 1. The molecule has 0 saturated carbocycles. The number of ether oxygens (including phenoxy) is 1. The fraction of sp³-hybridized carbons (Fsp3) is 0.500. The molecule has 1 aromatic rings. The van der Waals surface area contributed by atoms with Gasteiger partial charge in [0.2, 0.25) is 5.91 Å². The molecule has 0 saturated heterocycles. The zero-order valence-electron chi connectivity index (χ0n) is 11.6. The molecule has 0 bridgehead atoms. The maximum atomic E-state index is 11.9. The van der Waals surface area contributed by atoms with Crippen LogP contribution in [-0.4, -0.2) is 30.7 Å². The molecule has 0 aliphatic heterocycles. The maximum Gasteiger partial charge on any atom is 0.224 e. The summed E-state index contributed by atoms with van der Waals surface area (Å²) in [4.78, 5) is 11.9. The van der Waals surface area contributed by atoms with Crippen LogP contribution in [-0.2, 0) is 11.2 Å². The Labute approximate surface area is 113 Å². The lowest BCUT2D eigenvalue weighted by atomic mass is 9.98. The summed E-state index contributed by atoms with van der Waals surface area (Å²) in [6.45, 7) is 4.10. The van der Waals surface area contributed by atoms with Crippen molar-refractivity contribution in [3.63, 3.8) is 0 Å². The van der Waals surface area contributed by atoms with E-state index in [9.17, 15) is 9.90 Å². The van der Waals surface area contributed by atoms with E-state index in [1.807, 2.05) is 13.8 Å². The Hall–Kier alpha value is -1.75. The third kappa shape index (κ3) is 4.44. The Kier molecular flexibility index (Phi) is 5.63. The number of phenolic OH excluding ortho intramolecular Hbond substituents is 1. The average molecular weight is 266 g/mol. The number of rotatable bonds is 6. The van der Waals surface area contributed by atoms with E-state index in [0.717, 1.165) is 5.56 Å². The highest BCUT2D eigenvalue weighted by atomic mass is 16.5. The van der Waals surface area contributed by atoms with Crippen molar-refractivity contribution in [2.75, 3.05) is 13.7 Å². The SMILES string of the molecule is COc1cc(CC(CN)C(=O)NC(C)C)ccc1O. The molecular weight excluding hydrogens is 244 g/mol. The fourth-order valence-corrected chi connectivity index (χ4v) is 1.82. The Morgan fingerprint density at radius 1 is 1.47 bits per heavy atom. The predicted molar refractivity (Wildman–Crippen MR) is 74.2 cm³/mol. The van der Waals surface area contributed by atoms with Gasteiger partial charge in [-0.2, -0.15) is 0 Å². The Morgan fingerprint density at radius 3 is 2.68 bits per heavy atom. The summed E-state index contributed by atoms with van der Waals surface area (Å²) in [6.07, 6.45) is 0.520. The van der Waals surface area contributed by atoms with Crippen LogP contribution < -0.4 is 15.8 Å². The van der Waals surface area contributed by atoms with Crippen molar-refractivity contribution in [3.05, 3.63) is 23.8 Å². The summed E-state index contributed by atoms with van der Waals surface area (Å²) in [6, 6.07) is 5.14. The minimum atomic E-state index is -0.281. The molecule has 0 aliphatic carbocycles. The second kappa shape index (κ2) is 6.99. The average Bonchev–Trinajstić information content (AvgIpc) is 2.36. The molecule has 1 amide bonds. The van der Waals surface area contributed by atoms with Gasteiger partial charge in [0, 0.05) is 12.6 Å². The minimum absolute atomic E-state index is 0.0514. The fourth-order valence-electron chi connectivity index (χ4n) is 1.82. The zero-order valence-corrected chi connectivity index (χ0v) is 11.6. The van der Waals surface area contributed by atoms with Crippen molar-refractivity contribution < 1.29 is 14.6 Å². The molecule has 1 aromatic carbocycles. The van der Waals surface area contributed by atoms with Crippen molar-refractivity contribution in [2.45, 2.75) is 26.3 Å². The van der Waals surface area contributed by atoms with Crippen molar-refractivity contribution in [1.82, 2.24) is 5.32 Å². The van der Waals surface area contributed by atoms with Crippen LogP contribution in [0.2, 0.25) is 0 Å². The van der Waals surface area contributed by atoms with E-state index < -0.39 is 0 Å². The summed E-state index contributed by atoms with van der Waals surface area (Å²) in [5.41, 5.74) is 6.56. The number of nitrogens with one attached hydrogen (secondary N) is 1. The zero-order chi connectivity index (χ0) is 14.4. The van der Waals surface area contributed by atoms with E-state index in [4.69, 9.17) is 10.5 Å². The molecule has 0 heterocycles. The number of hydrogen-bond donors (Lipinski definition) is 3. The van der Waals surface area contributed by atoms with Crippen LogP contribution in [0.4, 0.5) is 0 Å². The highest BCUT2D eigenvalue weighted by molar-refractivity contribution is 5.79. The second-order valence-electron chi connectivity index (χ2n) is 4.81. The number of carbonyl (C=O) groups excluding carboxylic acids is 1. The number of benzene rings is 1. The quantitative estimate of drug-likeness (QED) is 0.718. The number of nitrogens with two attached hydrogens (primary N) is 1. The normalized spacial score (nSPS) is 12.3. The van der Waals surface area contributed by atoms with E-state index in [1.165, 1.54) is 7.11 Å². The first kappa shape index (κ1) is 15.3.